The average molecular weight is 292 g/mol. The Kier molecular flexibility index (Phi) is 5.88. The highest BCUT2D eigenvalue weighted by Crippen LogP contribution is 2.33. The third-order valence-electron chi connectivity index (χ3n) is 4.07. The van der Waals surface area contributed by atoms with Crippen LogP contribution in [0.1, 0.15) is 31.4 Å². The van der Waals surface area contributed by atoms with Crippen molar-refractivity contribution in [1.82, 2.24) is 10.2 Å². The molecule has 1 heterocycles. The topological polar surface area (TPSA) is 33.7 Å². The molecule has 0 amide bonds. The normalized spacial score (nSPS) is 16.4. The maximum atomic E-state index is 5.42. The molecule has 4 heteroatoms. The number of nitrogens with one attached hydrogen (secondary N) is 1. The number of benzene rings is 1. The van der Waals surface area contributed by atoms with E-state index in [0.29, 0.717) is 6.04 Å². The molecule has 2 rings (SSSR count). The van der Waals surface area contributed by atoms with Crippen LogP contribution in [0, 0.1) is 0 Å². The van der Waals surface area contributed by atoms with E-state index in [0.717, 1.165) is 44.1 Å². The Morgan fingerprint density at radius 3 is 2.48 bits per heavy atom. The number of rotatable bonds is 7. The maximum Gasteiger partial charge on any atom is 0.161 e. The summed E-state index contributed by atoms with van der Waals surface area (Å²) in [5.74, 6) is 1.66. The van der Waals surface area contributed by atoms with Crippen LogP contribution in [-0.2, 0) is 13.0 Å². The van der Waals surface area contributed by atoms with E-state index < -0.39 is 0 Å². The van der Waals surface area contributed by atoms with Crippen LogP contribution in [0.2, 0.25) is 0 Å². The van der Waals surface area contributed by atoms with Crippen LogP contribution in [0.3, 0.4) is 0 Å². The minimum absolute atomic E-state index is 0.534. The Balaban J connectivity index is 2.02. The Labute approximate surface area is 128 Å². The second-order valence-corrected chi connectivity index (χ2v) is 5.82. The molecule has 1 aliphatic heterocycles. The third kappa shape index (κ3) is 4.11. The number of methoxy groups -OCH3 is 2. The van der Waals surface area contributed by atoms with Crippen LogP contribution in [-0.4, -0.2) is 44.8 Å². The molecule has 0 aliphatic carbocycles. The van der Waals surface area contributed by atoms with Crippen molar-refractivity contribution in [3.63, 3.8) is 0 Å². The van der Waals surface area contributed by atoms with Crippen LogP contribution in [0.5, 0.6) is 11.5 Å². The number of hydrogen-bond acceptors (Lipinski definition) is 4. The van der Waals surface area contributed by atoms with Gasteiger partial charge in [-0.15, -0.1) is 0 Å². The van der Waals surface area contributed by atoms with Crippen LogP contribution >= 0.6 is 0 Å². The minimum Gasteiger partial charge on any atom is -0.493 e. The van der Waals surface area contributed by atoms with E-state index in [1.54, 1.807) is 14.2 Å². The molecule has 118 valence electrons. The first-order valence-corrected chi connectivity index (χ1v) is 7.87. The lowest BCUT2D eigenvalue weighted by molar-refractivity contribution is 0.229. The van der Waals surface area contributed by atoms with Gasteiger partial charge in [-0.25, -0.2) is 0 Å². The van der Waals surface area contributed by atoms with Crippen molar-refractivity contribution < 1.29 is 9.47 Å². The average Bonchev–Trinajstić information content (AvgIpc) is 2.51. The van der Waals surface area contributed by atoms with Crippen molar-refractivity contribution in [3.8, 4) is 11.5 Å². The lowest BCUT2D eigenvalue weighted by atomic mass is 9.98. The van der Waals surface area contributed by atoms with E-state index in [1.807, 2.05) is 0 Å². The zero-order valence-electron chi connectivity index (χ0n) is 13.7. The molecular weight excluding hydrogens is 264 g/mol. The van der Waals surface area contributed by atoms with Gasteiger partial charge in [-0.05, 0) is 49.6 Å². The molecule has 0 saturated heterocycles. The van der Waals surface area contributed by atoms with Crippen molar-refractivity contribution in [2.75, 3.05) is 33.9 Å². The number of fused-ring (bicyclic) bond motifs is 1. The molecular formula is C17H28N2O2. The van der Waals surface area contributed by atoms with E-state index >= 15 is 0 Å². The summed E-state index contributed by atoms with van der Waals surface area (Å²) in [4.78, 5) is 2.52. The second kappa shape index (κ2) is 7.66. The van der Waals surface area contributed by atoms with Gasteiger partial charge in [0.1, 0.15) is 0 Å². The molecule has 1 aromatic rings. The Hall–Kier alpha value is -1.26. The van der Waals surface area contributed by atoms with Crippen molar-refractivity contribution >= 4 is 0 Å². The summed E-state index contributed by atoms with van der Waals surface area (Å²) >= 11 is 0. The van der Waals surface area contributed by atoms with Gasteiger partial charge in [-0.3, -0.25) is 4.90 Å². The number of nitrogens with zero attached hydrogens (tertiary/aromatic N) is 1. The SMILES string of the molecule is CCCNC(C)CN1CCc2cc(OC)c(OC)cc2C1. The monoisotopic (exact) mass is 292 g/mol. The van der Waals surface area contributed by atoms with Crippen molar-refractivity contribution in [2.45, 2.75) is 39.3 Å². The lowest BCUT2D eigenvalue weighted by Crippen LogP contribution is -2.41. The molecule has 1 N–H and O–H groups in total. The Morgan fingerprint density at radius 1 is 1.19 bits per heavy atom. The van der Waals surface area contributed by atoms with E-state index in [1.165, 1.54) is 17.5 Å². The van der Waals surface area contributed by atoms with Gasteiger partial charge in [0.25, 0.3) is 0 Å². The Morgan fingerprint density at radius 2 is 1.86 bits per heavy atom. The highest BCUT2D eigenvalue weighted by molar-refractivity contribution is 5.48. The molecule has 0 spiro atoms. The van der Waals surface area contributed by atoms with Gasteiger partial charge in [-0.1, -0.05) is 6.92 Å². The van der Waals surface area contributed by atoms with Crippen LogP contribution in [0.25, 0.3) is 0 Å². The summed E-state index contributed by atoms with van der Waals surface area (Å²) in [6.45, 7) is 8.76. The van der Waals surface area contributed by atoms with Gasteiger partial charge in [-0.2, -0.15) is 0 Å². The van der Waals surface area contributed by atoms with E-state index in [-0.39, 0.29) is 0 Å². The van der Waals surface area contributed by atoms with Gasteiger partial charge < -0.3 is 14.8 Å². The molecule has 1 aliphatic rings. The molecule has 1 atom stereocenters. The zero-order valence-corrected chi connectivity index (χ0v) is 13.7. The smallest absolute Gasteiger partial charge is 0.161 e. The number of ether oxygens (including phenoxy) is 2. The van der Waals surface area contributed by atoms with E-state index in [2.05, 4.69) is 36.2 Å². The summed E-state index contributed by atoms with van der Waals surface area (Å²) < 4.78 is 10.8. The lowest BCUT2D eigenvalue weighted by Gasteiger charge is -2.31. The van der Waals surface area contributed by atoms with Crippen LogP contribution in [0.4, 0.5) is 0 Å². The Bertz CT molecular complexity index is 462. The molecule has 0 saturated carbocycles. The standard InChI is InChI=1S/C17H28N2O2/c1-5-7-18-13(2)11-19-8-6-14-9-16(20-3)17(21-4)10-15(14)12-19/h9-10,13,18H,5-8,11-12H2,1-4H3. The van der Waals surface area contributed by atoms with Crippen molar-refractivity contribution in [2.24, 2.45) is 0 Å². The van der Waals surface area contributed by atoms with Crippen molar-refractivity contribution in [3.05, 3.63) is 23.3 Å². The summed E-state index contributed by atoms with van der Waals surface area (Å²) in [6.07, 6.45) is 2.26. The van der Waals surface area contributed by atoms with Crippen LogP contribution in [0.15, 0.2) is 12.1 Å². The summed E-state index contributed by atoms with van der Waals surface area (Å²) in [7, 11) is 3.39. The minimum atomic E-state index is 0.534. The first-order chi connectivity index (χ1) is 10.2. The van der Waals surface area contributed by atoms with Crippen LogP contribution < -0.4 is 14.8 Å². The predicted molar refractivity (Wildman–Crippen MR) is 86.3 cm³/mol. The predicted octanol–water partition coefficient (Wildman–Crippen LogP) is 2.45. The van der Waals surface area contributed by atoms with Crippen molar-refractivity contribution in [1.29, 1.82) is 0 Å². The molecule has 1 unspecified atom stereocenters. The zero-order chi connectivity index (χ0) is 15.2. The van der Waals surface area contributed by atoms with E-state index in [9.17, 15) is 0 Å². The van der Waals surface area contributed by atoms with Gasteiger partial charge in [0.15, 0.2) is 11.5 Å². The van der Waals surface area contributed by atoms with E-state index in [4.69, 9.17) is 9.47 Å². The highest BCUT2D eigenvalue weighted by Gasteiger charge is 2.20. The maximum absolute atomic E-state index is 5.42. The van der Waals surface area contributed by atoms with Gasteiger partial charge in [0.2, 0.25) is 0 Å². The second-order valence-electron chi connectivity index (χ2n) is 5.82. The molecule has 4 nitrogen and oxygen atoms in total. The molecule has 0 radical (unpaired) electrons. The number of hydrogen-bond donors (Lipinski definition) is 1. The first-order valence-electron chi connectivity index (χ1n) is 7.87. The summed E-state index contributed by atoms with van der Waals surface area (Å²) in [5.41, 5.74) is 2.75. The van der Waals surface area contributed by atoms with Gasteiger partial charge in [0, 0.05) is 25.7 Å². The largest absolute Gasteiger partial charge is 0.493 e. The third-order valence-corrected chi connectivity index (χ3v) is 4.07. The molecule has 0 bridgehead atoms. The quantitative estimate of drug-likeness (QED) is 0.837. The fourth-order valence-corrected chi connectivity index (χ4v) is 2.94. The van der Waals surface area contributed by atoms with Gasteiger partial charge >= 0.3 is 0 Å². The van der Waals surface area contributed by atoms with Gasteiger partial charge in [0.05, 0.1) is 14.2 Å². The molecule has 0 aromatic heterocycles. The molecule has 21 heavy (non-hydrogen) atoms. The summed E-state index contributed by atoms with van der Waals surface area (Å²) in [5, 5.41) is 3.56. The fourth-order valence-electron chi connectivity index (χ4n) is 2.94. The molecule has 1 aromatic carbocycles. The fraction of sp³-hybridized carbons (Fsp3) is 0.647. The highest BCUT2D eigenvalue weighted by atomic mass is 16.5. The molecule has 0 fully saturated rings. The first kappa shape index (κ1) is 16.1. The summed E-state index contributed by atoms with van der Waals surface area (Å²) in [6, 6.07) is 4.79.